The number of carbonyl (C=O) groups is 1. The molecule has 5 heteroatoms. The van der Waals surface area contributed by atoms with Crippen LogP contribution in [0.1, 0.15) is 15.9 Å². The van der Waals surface area contributed by atoms with E-state index in [2.05, 4.69) is 5.10 Å². The third-order valence-electron chi connectivity index (χ3n) is 3.06. The highest BCUT2D eigenvalue weighted by molar-refractivity contribution is 5.93. The summed E-state index contributed by atoms with van der Waals surface area (Å²) >= 11 is 0. The SMILES string of the molecule is O=C(O)c1cc2nn(Cc3ccccc3)cc2cc1F. The van der Waals surface area contributed by atoms with E-state index < -0.39 is 11.8 Å². The smallest absolute Gasteiger partial charge is 0.338 e. The summed E-state index contributed by atoms with van der Waals surface area (Å²) in [5.74, 6) is -2.04. The summed E-state index contributed by atoms with van der Waals surface area (Å²) in [4.78, 5) is 10.9. The molecular weight excluding hydrogens is 259 g/mol. The van der Waals surface area contributed by atoms with Crippen molar-refractivity contribution >= 4 is 16.9 Å². The van der Waals surface area contributed by atoms with E-state index in [0.29, 0.717) is 17.4 Å². The first-order valence-corrected chi connectivity index (χ1v) is 6.07. The molecule has 3 aromatic rings. The third kappa shape index (κ3) is 2.25. The lowest BCUT2D eigenvalue weighted by atomic mass is 10.1. The lowest BCUT2D eigenvalue weighted by molar-refractivity contribution is 0.0692. The number of nitrogens with zero attached hydrogens (tertiary/aromatic N) is 2. The molecule has 0 amide bonds. The molecule has 2 aromatic carbocycles. The van der Waals surface area contributed by atoms with E-state index >= 15 is 0 Å². The molecule has 0 aliphatic carbocycles. The number of aromatic nitrogens is 2. The Morgan fingerprint density at radius 3 is 2.70 bits per heavy atom. The zero-order chi connectivity index (χ0) is 14.1. The Morgan fingerprint density at radius 2 is 2.00 bits per heavy atom. The zero-order valence-electron chi connectivity index (χ0n) is 10.5. The van der Waals surface area contributed by atoms with Crippen molar-refractivity contribution in [1.29, 1.82) is 0 Å². The topological polar surface area (TPSA) is 55.1 Å². The van der Waals surface area contributed by atoms with Crippen molar-refractivity contribution in [2.45, 2.75) is 6.54 Å². The van der Waals surface area contributed by atoms with Crippen LogP contribution < -0.4 is 0 Å². The molecule has 1 heterocycles. The lowest BCUT2D eigenvalue weighted by Gasteiger charge is -2.00. The summed E-state index contributed by atoms with van der Waals surface area (Å²) in [5, 5.41) is 13.8. The Hall–Kier alpha value is -2.69. The van der Waals surface area contributed by atoms with Gasteiger partial charge in [-0.2, -0.15) is 5.10 Å². The van der Waals surface area contributed by atoms with Gasteiger partial charge in [0.2, 0.25) is 0 Å². The Labute approximate surface area is 114 Å². The second-order valence-corrected chi connectivity index (χ2v) is 4.51. The first-order valence-electron chi connectivity index (χ1n) is 6.07. The second kappa shape index (κ2) is 4.77. The molecule has 4 nitrogen and oxygen atoms in total. The predicted molar refractivity (Wildman–Crippen MR) is 72.2 cm³/mol. The van der Waals surface area contributed by atoms with Crippen LogP contribution in [0, 0.1) is 5.82 Å². The van der Waals surface area contributed by atoms with E-state index in [1.54, 1.807) is 10.9 Å². The second-order valence-electron chi connectivity index (χ2n) is 4.51. The minimum absolute atomic E-state index is 0.359. The summed E-state index contributed by atoms with van der Waals surface area (Å²) in [5.41, 5.74) is 1.18. The number of fused-ring (bicyclic) bond motifs is 1. The van der Waals surface area contributed by atoms with Crippen LogP contribution in [0.2, 0.25) is 0 Å². The van der Waals surface area contributed by atoms with E-state index in [9.17, 15) is 9.18 Å². The minimum atomic E-state index is -1.29. The van der Waals surface area contributed by atoms with Gasteiger partial charge in [-0.3, -0.25) is 4.68 Å². The van der Waals surface area contributed by atoms with Crippen molar-refractivity contribution in [3.05, 3.63) is 65.6 Å². The molecule has 0 saturated carbocycles. The van der Waals surface area contributed by atoms with Gasteiger partial charge in [0.15, 0.2) is 0 Å². The zero-order valence-corrected chi connectivity index (χ0v) is 10.5. The number of halogens is 1. The number of carboxylic acids is 1. The molecule has 0 aliphatic rings. The van der Waals surface area contributed by atoms with Crippen molar-refractivity contribution in [1.82, 2.24) is 9.78 Å². The number of rotatable bonds is 3. The largest absolute Gasteiger partial charge is 0.478 e. The van der Waals surface area contributed by atoms with Gasteiger partial charge in [0.25, 0.3) is 0 Å². The van der Waals surface area contributed by atoms with Crippen LogP contribution in [0.3, 0.4) is 0 Å². The molecular formula is C15H11FN2O2. The molecule has 100 valence electrons. The van der Waals surface area contributed by atoms with E-state index in [0.717, 1.165) is 5.56 Å². The van der Waals surface area contributed by atoms with Gasteiger partial charge in [-0.1, -0.05) is 30.3 Å². The first-order chi connectivity index (χ1) is 9.63. The number of hydrogen-bond donors (Lipinski definition) is 1. The molecule has 0 radical (unpaired) electrons. The molecule has 1 N–H and O–H groups in total. The van der Waals surface area contributed by atoms with Crippen LogP contribution >= 0.6 is 0 Å². The number of aromatic carboxylic acids is 1. The maximum Gasteiger partial charge on any atom is 0.338 e. The van der Waals surface area contributed by atoms with Gasteiger partial charge in [0.05, 0.1) is 17.6 Å². The Morgan fingerprint density at radius 1 is 1.25 bits per heavy atom. The van der Waals surface area contributed by atoms with Crippen molar-refractivity contribution in [2.24, 2.45) is 0 Å². The number of carboxylic acid groups (broad SMARTS) is 1. The summed E-state index contributed by atoms with van der Waals surface area (Å²) in [6.45, 7) is 0.555. The van der Waals surface area contributed by atoms with Gasteiger partial charge in [-0.05, 0) is 17.7 Å². The van der Waals surface area contributed by atoms with Gasteiger partial charge < -0.3 is 5.11 Å². The van der Waals surface area contributed by atoms with Crippen molar-refractivity contribution < 1.29 is 14.3 Å². The van der Waals surface area contributed by atoms with Crippen LogP contribution in [0.5, 0.6) is 0 Å². The maximum absolute atomic E-state index is 13.6. The molecule has 0 spiro atoms. The average Bonchev–Trinajstić information content (AvgIpc) is 2.79. The molecule has 0 unspecified atom stereocenters. The third-order valence-corrected chi connectivity index (χ3v) is 3.06. The van der Waals surface area contributed by atoms with Gasteiger partial charge in [-0.25, -0.2) is 9.18 Å². The standard InChI is InChI=1S/C15H11FN2O2/c16-13-6-11-9-18(8-10-4-2-1-3-5-10)17-14(11)7-12(13)15(19)20/h1-7,9H,8H2,(H,19,20). The van der Waals surface area contributed by atoms with E-state index in [1.165, 1.54) is 12.1 Å². The molecule has 0 fully saturated rings. The van der Waals surface area contributed by atoms with E-state index in [1.807, 2.05) is 30.3 Å². The molecule has 0 aliphatic heterocycles. The summed E-state index contributed by atoms with van der Waals surface area (Å²) in [7, 11) is 0. The fourth-order valence-electron chi connectivity index (χ4n) is 2.11. The number of hydrogen-bond acceptors (Lipinski definition) is 2. The van der Waals surface area contributed by atoms with Crippen LogP contribution in [-0.2, 0) is 6.54 Å². The Bertz CT molecular complexity index is 781. The predicted octanol–water partition coefficient (Wildman–Crippen LogP) is 2.92. The quantitative estimate of drug-likeness (QED) is 0.796. The number of benzene rings is 2. The highest BCUT2D eigenvalue weighted by Gasteiger charge is 2.13. The summed E-state index contributed by atoms with van der Waals surface area (Å²) < 4.78 is 15.3. The fraction of sp³-hybridized carbons (Fsp3) is 0.0667. The van der Waals surface area contributed by atoms with Gasteiger partial charge in [0, 0.05) is 11.6 Å². The average molecular weight is 270 g/mol. The van der Waals surface area contributed by atoms with Gasteiger partial charge >= 0.3 is 5.97 Å². The van der Waals surface area contributed by atoms with Gasteiger partial charge in [-0.15, -0.1) is 0 Å². The van der Waals surface area contributed by atoms with Crippen LogP contribution in [0.25, 0.3) is 10.9 Å². The molecule has 0 bridgehead atoms. The maximum atomic E-state index is 13.6. The monoisotopic (exact) mass is 270 g/mol. The molecule has 0 atom stereocenters. The lowest BCUT2D eigenvalue weighted by Crippen LogP contribution is -2.00. The Kier molecular flexibility index (Phi) is 2.95. The molecule has 3 rings (SSSR count). The van der Waals surface area contributed by atoms with Crippen LogP contribution in [-0.4, -0.2) is 20.9 Å². The molecule has 20 heavy (non-hydrogen) atoms. The molecule has 1 aromatic heterocycles. The van der Waals surface area contributed by atoms with Crippen LogP contribution in [0.4, 0.5) is 4.39 Å². The van der Waals surface area contributed by atoms with Crippen molar-refractivity contribution in [3.8, 4) is 0 Å². The van der Waals surface area contributed by atoms with E-state index in [4.69, 9.17) is 5.11 Å². The summed E-state index contributed by atoms with van der Waals surface area (Å²) in [6.07, 6.45) is 1.71. The van der Waals surface area contributed by atoms with Gasteiger partial charge in [0.1, 0.15) is 5.82 Å². The summed E-state index contributed by atoms with van der Waals surface area (Å²) in [6, 6.07) is 12.2. The van der Waals surface area contributed by atoms with Crippen LogP contribution in [0.15, 0.2) is 48.7 Å². The highest BCUT2D eigenvalue weighted by Crippen LogP contribution is 2.18. The first kappa shape index (κ1) is 12.3. The molecule has 0 saturated heterocycles. The van der Waals surface area contributed by atoms with E-state index in [-0.39, 0.29) is 5.56 Å². The fourth-order valence-corrected chi connectivity index (χ4v) is 2.11. The Balaban J connectivity index is 2.00. The normalized spacial score (nSPS) is 10.8. The van der Waals surface area contributed by atoms with Crippen molar-refractivity contribution in [3.63, 3.8) is 0 Å². The minimum Gasteiger partial charge on any atom is -0.478 e. The highest BCUT2D eigenvalue weighted by atomic mass is 19.1. The van der Waals surface area contributed by atoms with Crippen molar-refractivity contribution in [2.75, 3.05) is 0 Å².